The number of sulfone groups is 1. The zero-order chi connectivity index (χ0) is 25.8. The Hall–Kier alpha value is -2.19. The van der Waals surface area contributed by atoms with Crippen molar-refractivity contribution < 1.29 is 23.0 Å². The predicted octanol–water partition coefficient (Wildman–Crippen LogP) is 0.844. The molecule has 0 aliphatic carbocycles. The van der Waals surface area contributed by atoms with Crippen molar-refractivity contribution in [3.05, 3.63) is 24.2 Å². The highest BCUT2D eigenvalue weighted by atomic mass is 32.2. The largest absolute Gasteiger partial charge is 0.486 e. The summed E-state index contributed by atoms with van der Waals surface area (Å²) in [5, 5.41) is 10.8. The maximum Gasteiger partial charge on any atom is 0.175 e. The monoisotopic (exact) mass is 548 g/mol. The highest BCUT2D eigenvalue weighted by Gasteiger charge is 2.47. The Morgan fingerprint density at radius 1 is 1.24 bits per heavy atom. The molecule has 0 amide bonds. The molecule has 0 aromatic carbocycles. The summed E-state index contributed by atoms with van der Waals surface area (Å²) in [6.07, 6.45) is 5.34. The standard InChI is InChI=1S/C24H32N6O5S2/c1-15-21(25)24(14-35-15)3-6-29(7-4-24)22-17(11-31)28-19(10-27-22)36-18-2-5-26-23-20(18)34-12-16-13-37(32,33)9-8-30(16)23/h2,5,10,15-16,21,31H,3-4,6-9,11-14,25H2,1H3/t15-,16?,21+/m0/s1. The van der Waals surface area contributed by atoms with E-state index >= 15 is 0 Å². The van der Waals surface area contributed by atoms with Gasteiger partial charge >= 0.3 is 0 Å². The Labute approximate surface area is 220 Å². The first-order chi connectivity index (χ1) is 17.8. The van der Waals surface area contributed by atoms with Crippen molar-refractivity contribution >= 4 is 33.2 Å². The van der Waals surface area contributed by atoms with Gasteiger partial charge in [0.2, 0.25) is 0 Å². The van der Waals surface area contributed by atoms with Gasteiger partial charge < -0.3 is 30.1 Å². The van der Waals surface area contributed by atoms with Gasteiger partial charge in [-0.2, -0.15) is 0 Å². The molecule has 3 fully saturated rings. The number of aliphatic hydroxyl groups excluding tert-OH is 1. The second-order valence-electron chi connectivity index (χ2n) is 10.4. The maximum atomic E-state index is 12.1. The van der Waals surface area contributed by atoms with Crippen molar-refractivity contribution in [2.75, 3.05) is 54.2 Å². The van der Waals surface area contributed by atoms with E-state index < -0.39 is 9.84 Å². The third-order valence-corrected chi connectivity index (χ3v) is 10.8. The van der Waals surface area contributed by atoms with Crippen LogP contribution in [0, 0.1) is 5.41 Å². The van der Waals surface area contributed by atoms with Crippen molar-refractivity contribution in [3.8, 4) is 5.75 Å². The molecule has 0 saturated carbocycles. The van der Waals surface area contributed by atoms with Crippen molar-refractivity contribution in [1.82, 2.24) is 15.0 Å². The lowest BCUT2D eigenvalue weighted by Gasteiger charge is -2.41. The number of hydrogen-bond donors (Lipinski definition) is 2. The molecular weight excluding hydrogens is 516 g/mol. The van der Waals surface area contributed by atoms with E-state index in [1.807, 2.05) is 17.9 Å². The van der Waals surface area contributed by atoms with E-state index in [2.05, 4.69) is 9.88 Å². The number of piperidine rings is 1. The van der Waals surface area contributed by atoms with Crippen molar-refractivity contribution in [3.63, 3.8) is 0 Å². The van der Waals surface area contributed by atoms with Crippen LogP contribution in [0.1, 0.15) is 25.5 Å². The molecule has 2 aromatic rings. The average Bonchev–Trinajstić information content (AvgIpc) is 3.17. The fourth-order valence-corrected chi connectivity index (χ4v) is 8.26. The Bertz CT molecular complexity index is 1290. The predicted molar refractivity (Wildman–Crippen MR) is 139 cm³/mol. The molecule has 0 radical (unpaired) electrons. The molecule has 6 heterocycles. The lowest BCUT2D eigenvalue weighted by molar-refractivity contribution is 0.0973. The average molecular weight is 549 g/mol. The number of aromatic nitrogens is 3. The second kappa shape index (κ2) is 9.53. The fourth-order valence-electron chi connectivity index (χ4n) is 5.90. The van der Waals surface area contributed by atoms with Gasteiger partial charge in [-0.1, -0.05) is 11.8 Å². The molecule has 1 spiro atoms. The van der Waals surface area contributed by atoms with Crippen LogP contribution in [0.15, 0.2) is 28.4 Å². The molecule has 4 aliphatic heterocycles. The lowest BCUT2D eigenvalue weighted by atomic mass is 9.73. The number of nitrogens with two attached hydrogens (primary N) is 1. The molecule has 3 saturated heterocycles. The molecule has 37 heavy (non-hydrogen) atoms. The van der Waals surface area contributed by atoms with Gasteiger partial charge in [-0.25, -0.2) is 23.4 Å². The Balaban J connectivity index is 1.19. The van der Waals surface area contributed by atoms with Gasteiger partial charge in [-0.15, -0.1) is 0 Å². The highest BCUT2D eigenvalue weighted by molar-refractivity contribution is 7.99. The number of nitrogens with zero attached hydrogens (tertiary/aromatic N) is 5. The van der Waals surface area contributed by atoms with Gasteiger partial charge in [0, 0.05) is 37.3 Å². The number of ether oxygens (including phenoxy) is 2. The number of fused-ring (bicyclic) bond motifs is 3. The highest BCUT2D eigenvalue weighted by Crippen LogP contribution is 2.44. The van der Waals surface area contributed by atoms with Gasteiger partial charge in [-0.3, -0.25) is 0 Å². The first-order valence-electron chi connectivity index (χ1n) is 12.6. The normalized spacial score (nSPS) is 28.0. The molecule has 3 N–H and O–H groups in total. The molecule has 0 bridgehead atoms. The van der Waals surface area contributed by atoms with Crippen molar-refractivity contribution in [2.45, 2.75) is 54.5 Å². The minimum atomic E-state index is -3.06. The van der Waals surface area contributed by atoms with Crippen molar-refractivity contribution in [1.29, 1.82) is 0 Å². The van der Waals surface area contributed by atoms with Crippen LogP contribution in [-0.2, 0) is 21.2 Å². The van der Waals surface area contributed by atoms with Gasteiger partial charge in [0.1, 0.15) is 17.3 Å². The van der Waals surface area contributed by atoms with E-state index in [1.54, 1.807) is 12.4 Å². The molecule has 1 unspecified atom stereocenters. The van der Waals surface area contributed by atoms with Crippen LogP contribution >= 0.6 is 11.8 Å². The van der Waals surface area contributed by atoms with Crippen LogP contribution in [0.25, 0.3) is 0 Å². The number of rotatable bonds is 4. The SMILES string of the molecule is C[C@@H]1OCC2(CCN(c3ncc(Sc4ccnc5c4OCC4CS(=O)(=O)CCN54)nc3CO)CC2)[C@@H]1N. The minimum absolute atomic E-state index is 0.0104. The molecule has 6 rings (SSSR count). The first-order valence-corrected chi connectivity index (χ1v) is 15.3. The zero-order valence-electron chi connectivity index (χ0n) is 20.7. The first kappa shape index (κ1) is 25.1. The molecule has 11 nitrogen and oxygen atoms in total. The van der Waals surface area contributed by atoms with E-state index in [4.69, 9.17) is 25.2 Å². The van der Waals surface area contributed by atoms with Crippen molar-refractivity contribution in [2.24, 2.45) is 11.1 Å². The lowest BCUT2D eigenvalue weighted by Crippen LogP contribution is -2.53. The number of aliphatic hydroxyl groups is 1. The van der Waals surface area contributed by atoms with Crippen LogP contribution < -0.4 is 20.3 Å². The summed E-state index contributed by atoms with van der Waals surface area (Å²) in [7, 11) is -3.06. The molecule has 3 atom stereocenters. The maximum absolute atomic E-state index is 12.1. The number of anilines is 2. The van der Waals surface area contributed by atoms with E-state index in [1.165, 1.54) is 11.8 Å². The quantitative estimate of drug-likeness (QED) is 0.559. The Kier molecular flexibility index (Phi) is 6.46. The summed E-state index contributed by atoms with van der Waals surface area (Å²) in [6, 6.07) is 1.67. The fraction of sp³-hybridized carbons (Fsp3) is 0.625. The molecule has 4 aliphatic rings. The van der Waals surface area contributed by atoms with Gasteiger partial charge in [-0.05, 0) is 25.8 Å². The summed E-state index contributed by atoms with van der Waals surface area (Å²) >= 11 is 1.40. The van der Waals surface area contributed by atoms with Crippen LogP contribution in [-0.4, -0.2) is 91.0 Å². The zero-order valence-corrected chi connectivity index (χ0v) is 22.4. The molecule has 2 aromatic heterocycles. The third-order valence-electron chi connectivity index (χ3n) is 8.14. The Morgan fingerprint density at radius 3 is 2.78 bits per heavy atom. The van der Waals surface area contributed by atoms with E-state index in [-0.39, 0.29) is 41.7 Å². The minimum Gasteiger partial charge on any atom is -0.486 e. The summed E-state index contributed by atoms with van der Waals surface area (Å²) in [4.78, 5) is 18.9. The molecule has 200 valence electrons. The van der Waals surface area contributed by atoms with Crippen LogP contribution in [0.5, 0.6) is 5.75 Å². The number of pyridine rings is 1. The topological polar surface area (TPSA) is 144 Å². The van der Waals surface area contributed by atoms with Gasteiger partial charge in [0.05, 0.1) is 48.0 Å². The summed E-state index contributed by atoms with van der Waals surface area (Å²) in [5.41, 5.74) is 7.00. The number of hydrogen-bond acceptors (Lipinski definition) is 12. The molecular formula is C24H32N6O5S2. The summed E-state index contributed by atoms with van der Waals surface area (Å²) < 4.78 is 36.0. The third kappa shape index (κ3) is 4.54. The van der Waals surface area contributed by atoms with E-state index in [9.17, 15) is 13.5 Å². The van der Waals surface area contributed by atoms with Crippen LogP contribution in [0.3, 0.4) is 0 Å². The summed E-state index contributed by atoms with van der Waals surface area (Å²) in [6.45, 7) is 4.80. The van der Waals surface area contributed by atoms with E-state index in [0.29, 0.717) is 47.9 Å². The Morgan fingerprint density at radius 2 is 2.05 bits per heavy atom. The second-order valence-corrected chi connectivity index (χ2v) is 13.7. The van der Waals surface area contributed by atoms with Gasteiger partial charge in [0.15, 0.2) is 27.2 Å². The smallest absolute Gasteiger partial charge is 0.175 e. The van der Waals surface area contributed by atoms with Crippen LogP contribution in [0.2, 0.25) is 0 Å². The van der Waals surface area contributed by atoms with Crippen LogP contribution in [0.4, 0.5) is 11.6 Å². The summed E-state index contributed by atoms with van der Waals surface area (Å²) in [5.74, 6) is 2.18. The molecule has 13 heteroatoms. The van der Waals surface area contributed by atoms with E-state index in [0.717, 1.165) is 30.8 Å². The van der Waals surface area contributed by atoms with Gasteiger partial charge in [0.25, 0.3) is 0 Å².